The maximum absolute atomic E-state index is 12.1. The molecule has 6 heteroatoms. The van der Waals surface area contributed by atoms with E-state index in [1.165, 1.54) is 12.8 Å². The minimum atomic E-state index is -0.972. The number of halogens is 2. The summed E-state index contributed by atoms with van der Waals surface area (Å²) in [5.41, 5.74) is 0. The first-order valence-corrected chi connectivity index (χ1v) is 7.58. The number of hydrogen-bond donors (Lipinski definition) is 1. The fourth-order valence-electron chi connectivity index (χ4n) is 1.88. The van der Waals surface area contributed by atoms with Crippen molar-refractivity contribution < 1.29 is 4.21 Å². The van der Waals surface area contributed by atoms with E-state index in [1.807, 2.05) is 18.2 Å². The molecule has 0 aliphatic carbocycles. The average Bonchev–Trinajstić information content (AvgIpc) is 2.30. The second-order valence-corrected chi connectivity index (χ2v) is 6.28. The Hall–Kier alpha value is 0.0300. The van der Waals surface area contributed by atoms with E-state index in [4.69, 9.17) is 0 Å². The van der Waals surface area contributed by atoms with Crippen LogP contribution >= 0.6 is 28.3 Å². The van der Waals surface area contributed by atoms with Crippen molar-refractivity contribution in [1.29, 1.82) is 0 Å². The largest absolute Gasteiger partial charge is 0.316 e. The van der Waals surface area contributed by atoms with Crippen LogP contribution in [0.3, 0.4) is 0 Å². The van der Waals surface area contributed by atoms with Crippen LogP contribution in [0.2, 0.25) is 0 Å². The molecule has 1 aliphatic rings. The number of piperidine rings is 1. The van der Waals surface area contributed by atoms with Crippen LogP contribution in [-0.4, -0.2) is 28.0 Å². The topological polar surface area (TPSA) is 42.0 Å². The molecule has 2 atom stereocenters. The Morgan fingerprint density at radius 1 is 1.53 bits per heavy atom. The maximum atomic E-state index is 12.1. The Morgan fingerprint density at radius 3 is 3.00 bits per heavy atom. The average molecular weight is 340 g/mol. The summed E-state index contributed by atoms with van der Waals surface area (Å²) in [4.78, 5) is 4.23. The molecule has 96 valence electrons. The summed E-state index contributed by atoms with van der Waals surface area (Å²) in [7, 11) is -0.972. The van der Waals surface area contributed by atoms with E-state index in [0.717, 1.165) is 23.4 Å². The molecule has 1 N–H and O–H groups in total. The highest BCUT2D eigenvalue weighted by Crippen LogP contribution is 2.16. The van der Waals surface area contributed by atoms with E-state index in [-0.39, 0.29) is 12.4 Å². The fraction of sp³-hybridized carbons (Fsp3) is 0.545. The quantitative estimate of drug-likeness (QED) is 0.860. The number of hydrogen-bond acceptors (Lipinski definition) is 3. The fourth-order valence-corrected chi connectivity index (χ4v) is 3.66. The number of nitrogens with one attached hydrogen (secondary N) is 1. The molecule has 1 aromatic heterocycles. The van der Waals surface area contributed by atoms with Gasteiger partial charge >= 0.3 is 0 Å². The molecule has 3 nitrogen and oxygen atoms in total. The minimum Gasteiger partial charge on any atom is -0.316 e. The molecule has 1 saturated heterocycles. The zero-order valence-corrected chi connectivity index (χ0v) is 12.6. The monoisotopic (exact) mass is 338 g/mol. The molecule has 1 fully saturated rings. The summed E-state index contributed by atoms with van der Waals surface area (Å²) >= 11 is 3.30. The van der Waals surface area contributed by atoms with Gasteiger partial charge in [0.05, 0.1) is 10.8 Å². The van der Waals surface area contributed by atoms with Gasteiger partial charge in [-0.1, -0.05) is 6.07 Å². The predicted octanol–water partition coefficient (Wildman–Crippen LogP) is 2.37. The highest BCUT2D eigenvalue weighted by molar-refractivity contribution is 9.10. The van der Waals surface area contributed by atoms with E-state index in [9.17, 15) is 4.21 Å². The van der Waals surface area contributed by atoms with E-state index >= 15 is 0 Å². The highest BCUT2D eigenvalue weighted by Gasteiger charge is 2.17. The van der Waals surface area contributed by atoms with Crippen molar-refractivity contribution in [3.8, 4) is 0 Å². The van der Waals surface area contributed by atoms with Crippen LogP contribution in [0.4, 0.5) is 0 Å². The van der Waals surface area contributed by atoms with Gasteiger partial charge in [0.15, 0.2) is 0 Å². The number of nitrogens with zero attached hydrogens (tertiary/aromatic N) is 1. The van der Waals surface area contributed by atoms with Crippen molar-refractivity contribution >= 4 is 39.1 Å². The first kappa shape index (κ1) is 15.1. The van der Waals surface area contributed by atoms with Crippen molar-refractivity contribution in [3.05, 3.63) is 22.8 Å². The molecule has 0 bridgehead atoms. The van der Waals surface area contributed by atoms with Gasteiger partial charge in [0.1, 0.15) is 9.63 Å². The van der Waals surface area contributed by atoms with Crippen molar-refractivity contribution in [3.63, 3.8) is 0 Å². The third kappa shape index (κ3) is 4.66. The van der Waals surface area contributed by atoms with Gasteiger partial charge in [-0.2, -0.15) is 0 Å². The van der Waals surface area contributed by atoms with Crippen LogP contribution in [0.5, 0.6) is 0 Å². The Bertz CT molecular complexity index is 385. The lowest BCUT2D eigenvalue weighted by Crippen LogP contribution is -2.32. The normalized spacial score (nSPS) is 21.6. The van der Waals surface area contributed by atoms with Crippen molar-refractivity contribution in [2.75, 3.05) is 18.8 Å². The summed E-state index contributed by atoms with van der Waals surface area (Å²) in [5.74, 6) is 1.24. The first-order valence-electron chi connectivity index (χ1n) is 5.47. The Kier molecular flexibility index (Phi) is 6.62. The summed E-state index contributed by atoms with van der Waals surface area (Å²) in [6.45, 7) is 2.08. The number of aromatic nitrogens is 1. The van der Waals surface area contributed by atoms with Crippen LogP contribution in [0.1, 0.15) is 12.8 Å². The van der Waals surface area contributed by atoms with Gasteiger partial charge in [-0.05, 0) is 59.9 Å². The summed E-state index contributed by atoms with van der Waals surface area (Å²) in [5, 5.41) is 4.02. The van der Waals surface area contributed by atoms with Gasteiger partial charge in [-0.15, -0.1) is 12.4 Å². The van der Waals surface area contributed by atoms with Crippen LogP contribution in [-0.2, 0) is 10.8 Å². The van der Waals surface area contributed by atoms with E-state index in [2.05, 4.69) is 26.2 Å². The zero-order valence-electron chi connectivity index (χ0n) is 9.39. The molecule has 2 rings (SSSR count). The van der Waals surface area contributed by atoms with E-state index < -0.39 is 10.8 Å². The van der Waals surface area contributed by atoms with Gasteiger partial charge < -0.3 is 5.32 Å². The lowest BCUT2D eigenvalue weighted by atomic mass is 10.0. The minimum absolute atomic E-state index is 0. The van der Waals surface area contributed by atoms with Crippen LogP contribution < -0.4 is 5.32 Å². The first-order chi connectivity index (χ1) is 7.75. The van der Waals surface area contributed by atoms with E-state index in [0.29, 0.717) is 10.9 Å². The van der Waals surface area contributed by atoms with Gasteiger partial charge in [0.25, 0.3) is 0 Å². The van der Waals surface area contributed by atoms with Crippen LogP contribution in [0.25, 0.3) is 0 Å². The maximum Gasteiger partial charge on any atom is 0.128 e. The lowest BCUT2D eigenvalue weighted by Gasteiger charge is -2.21. The Labute approximate surface area is 119 Å². The molecule has 2 unspecified atom stereocenters. The van der Waals surface area contributed by atoms with Crippen molar-refractivity contribution in [1.82, 2.24) is 10.3 Å². The molecular formula is C11H16BrClN2OS. The number of rotatable bonds is 3. The molecule has 0 radical (unpaired) electrons. The van der Waals surface area contributed by atoms with Crippen LogP contribution in [0.15, 0.2) is 27.8 Å². The van der Waals surface area contributed by atoms with Crippen molar-refractivity contribution in [2.45, 2.75) is 17.9 Å². The SMILES string of the molecule is Cl.O=S(CC1CCCNC1)c1cccc(Br)n1. The summed E-state index contributed by atoms with van der Waals surface area (Å²) in [6.07, 6.45) is 2.36. The molecule has 0 saturated carbocycles. The molecule has 0 amide bonds. The van der Waals surface area contributed by atoms with Gasteiger partial charge in [0, 0.05) is 5.75 Å². The molecule has 1 aliphatic heterocycles. The molecule has 1 aromatic rings. The standard InChI is InChI=1S/C11H15BrN2OS.ClH/c12-10-4-1-5-11(14-10)16(15)8-9-3-2-6-13-7-9;/h1,4-5,9,13H,2-3,6-8H2;1H. The Morgan fingerprint density at radius 2 is 2.35 bits per heavy atom. The van der Waals surface area contributed by atoms with Gasteiger partial charge in [0.2, 0.25) is 0 Å². The Balaban J connectivity index is 0.00000144. The van der Waals surface area contributed by atoms with Gasteiger partial charge in [-0.25, -0.2) is 4.98 Å². The second kappa shape index (κ2) is 7.46. The summed E-state index contributed by atoms with van der Waals surface area (Å²) < 4.78 is 12.8. The molecule has 17 heavy (non-hydrogen) atoms. The van der Waals surface area contributed by atoms with Crippen LogP contribution in [0, 0.1) is 5.92 Å². The molecule has 0 spiro atoms. The number of pyridine rings is 1. The molecule has 2 heterocycles. The predicted molar refractivity (Wildman–Crippen MR) is 76.1 cm³/mol. The van der Waals surface area contributed by atoms with Crippen molar-refractivity contribution in [2.24, 2.45) is 5.92 Å². The summed E-state index contributed by atoms with van der Waals surface area (Å²) in [6, 6.07) is 5.56. The lowest BCUT2D eigenvalue weighted by molar-refractivity contribution is 0.408. The zero-order chi connectivity index (χ0) is 11.4. The van der Waals surface area contributed by atoms with E-state index in [1.54, 1.807) is 0 Å². The van der Waals surface area contributed by atoms with Gasteiger partial charge in [-0.3, -0.25) is 4.21 Å². The third-order valence-electron chi connectivity index (χ3n) is 2.71. The smallest absolute Gasteiger partial charge is 0.128 e. The third-order valence-corrected chi connectivity index (χ3v) is 4.62. The molecular weight excluding hydrogens is 324 g/mol. The molecule has 0 aromatic carbocycles. The highest BCUT2D eigenvalue weighted by atomic mass is 79.9. The second-order valence-electron chi connectivity index (χ2n) is 4.02.